The minimum absolute atomic E-state index is 0.0176. The highest BCUT2D eigenvalue weighted by Gasteiger charge is 2.31. The first kappa shape index (κ1) is 20.6. The average molecular weight is 484 g/mol. The van der Waals surface area contributed by atoms with Crippen LogP contribution in [0.4, 0.5) is 9.52 Å². The number of nitriles is 1. The van der Waals surface area contributed by atoms with Gasteiger partial charge in [0.15, 0.2) is 5.13 Å². The fraction of sp³-hybridized carbons (Fsp3) is 0.273. The lowest BCUT2D eigenvalue weighted by molar-refractivity contribution is 0.628. The molecule has 0 saturated heterocycles. The van der Waals surface area contributed by atoms with Crippen LogP contribution in [0.1, 0.15) is 32.1 Å². The van der Waals surface area contributed by atoms with Crippen LogP contribution >= 0.6 is 27.3 Å². The molecule has 1 aromatic carbocycles. The predicted octanol–water partition coefficient (Wildman–Crippen LogP) is 5.85. The maximum atomic E-state index is 13.3. The van der Waals surface area contributed by atoms with E-state index in [4.69, 9.17) is 9.98 Å². The molecule has 1 unspecified atom stereocenters. The molecular formula is C22H19BrFN5S. The maximum Gasteiger partial charge on any atom is 0.191 e. The summed E-state index contributed by atoms with van der Waals surface area (Å²) in [5, 5.41) is 10.4. The Balaban J connectivity index is 1.77. The number of allylic oxidation sites excluding steroid dienone is 2. The van der Waals surface area contributed by atoms with Gasteiger partial charge in [0.25, 0.3) is 0 Å². The summed E-state index contributed by atoms with van der Waals surface area (Å²) in [7, 11) is 0. The van der Waals surface area contributed by atoms with E-state index in [1.165, 1.54) is 23.5 Å². The second kappa shape index (κ2) is 8.25. The second-order valence-corrected chi connectivity index (χ2v) is 8.64. The van der Waals surface area contributed by atoms with E-state index in [1.807, 2.05) is 6.92 Å². The molecule has 5 nitrogen and oxygen atoms in total. The predicted molar refractivity (Wildman–Crippen MR) is 124 cm³/mol. The Morgan fingerprint density at radius 1 is 1.27 bits per heavy atom. The molecule has 0 amide bonds. The summed E-state index contributed by atoms with van der Waals surface area (Å²) >= 11 is 4.88. The molecule has 2 aliphatic heterocycles. The zero-order chi connectivity index (χ0) is 21.4. The van der Waals surface area contributed by atoms with Gasteiger partial charge >= 0.3 is 0 Å². The molecule has 0 saturated carbocycles. The summed E-state index contributed by atoms with van der Waals surface area (Å²) in [5.41, 5.74) is 5.14. The number of fused-ring (bicyclic) bond motifs is 1. The molecular weight excluding hydrogens is 465 g/mol. The Morgan fingerprint density at radius 2 is 2.00 bits per heavy atom. The van der Waals surface area contributed by atoms with Gasteiger partial charge in [-0.2, -0.15) is 5.26 Å². The van der Waals surface area contributed by atoms with Crippen molar-refractivity contribution in [2.75, 3.05) is 11.4 Å². The number of hydrogen-bond acceptors (Lipinski definition) is 6. The Hall–Kier alpha value is -2.63. The van der Waals surface area contributed by atoms with E-state index in [-0.39, 0.29) is 11.9 Å². The lowest BCUT2D eigenvalue weighted by Crippen LogP contribution is -2.33. The summed E-state index contributed by atoms with van der Waals surface area (Å²) in [6, 6.07) is 8.28. The van der Waals surface area contributed by atoms with Crippen LogP contribution < -0.4 is 4.90 Å². The molecule has 4 rings (SSSR count). The number of rotatable bonds is 5. The number of benzene rings is 1. The summed E-state index contributed by atoms with van der Waals surface area (Å²) in [6.07, 6.45) is 2.96. The normalized spacial score (nSPS) is 17.9. The van der Waals surface area contributed by atoms with Crippen LogP contribution in [0.5, 0.6) is 0 Å². The molecule has 0 N–H and O–H groups in total. The molecule has 3 heterocycles. The van der Waals surface area contributed by atoms with Gasteiger partial charge in [-0.1, -0.05) is 18.3 Å². The van der Waals surface area contributed by atoms with Crippen LogP contribution in [0.25, 0.3) is 11.3 Å². The highest BCUT2D eigenvalue weighted by Crippen LogP contribution is 2.38. The van der Waals surface area contributed by atoms with Crippen molar-refractivity contribution in [3.8, 4) is 17.3 Å². The number of thiazole rings is 1. The van der Waals surface area contributed by atoms with E-state index in [2.05, 4.69) is 51.8 Å². The lowest BCUT2D eigenvalue weighted by atomic mass is 9.99. The zero-order valence-electron chi connectivity index (χ0n) is 16.8. The molecule has 0 aliphatic carbocycles. The molecule has 8 heteroatoms. The Labute approximate surface area is 187 Å². The smallest absolute Gasteiger partial charge is 0.191 e. The molecule has 1 aromatic heterocycles. The lowest BCUT2D eigenvalue weighted by Gasteiger charge is -2.30. The molecule has 0 radical (unpaired) electrons. The van der Waals surface area contributed by atoms with Gasteiger partial charge in [0, 0.05) is 23.4 Å². The topological polar surface area (TPSA) is 64.6 Å². The van der Waals surface area contributed by atoms with Gasteiger partial charge in [0.1, 0.15) is 27.1 Å². The van der Waals surface area contributed by atoms with Crippen molar-refractivity contribution in [2.45, 2.75) is 33.2 Å². The van der Waals surface area contributed by atoms with Crippen molar-refractivity contribution in [3.63, 3.8) is 0 Å². The van der Waals surface area contributed by atoms with Crippen LogP contribution in [-0.4, -0.2) is 29.0 Å². The van der Waals surface area contributed by atoms with Gasteiger partial charge in [0.2, 0.25) is 0 Å². The van der Waals surface area contributed by atoms with Crippen LogP contribution in [0.3, 0.4) is 0 Å². The number of nitrogens with zero attached hydrogens (tertiary/aromatic N) is 5. The summed E-state index contributed by atoms with van der Waals surface area (Å²) in [5.74, 6) is -0.317. The number of aliphatic imine (C=N–C) groups is 2. The van der Waals surface area contributed by atoms with Crippen molar-refractivity contribution in [2.24, 2.45) is 9.98 Å². The number of anilines is 1. The first-order valence-corrected chi connectivity index (χ1v) is 11.3. The van der Waals surface area contributed by atoms with Gasteiger partial charge < -0.3 is 4.90 Å². The summed E-state index contributed by atoms with van der Waals surface area (Å²) < 4.78 is 14.1. The summed E-state index contributed by atoms with van der Waals surface area (Å²) in [6.45, 7) is 6.80. The third-order valence-corrected chi connectivity index (χ3v) is 6.67. The molecule has 2 aromatic rings. The van der Waals surface area contributed by atoms with Crippen LogP contribution in [0.2, 0.25) is 0 Å². The van der Waals surface area contributed by atoms with Crippen LogP contribution in [-0.2, 0) is 0 Å². The molecule has 1 atom stereocenters. The highest BCUT2D eigenvalue weighted by molar-refractivity contribution is 9.11. The van der Waals surface area contributed by atoms with Crippen molar-refractivity contribution in [3.05, 3.63) is 56.9 Å². The number of halogens is 2. The van der Waals surface area contributed by atoms with Crippen molar-refractivity contribution in [1.29, 1.82) is 5.26 Å². The SMILES string of the molecule is CCC1N=C2C(C)=NC(Br)=C2C=C1N(CC)c1nc(-c2ccc(F)cc2)c(C#N)s1. The van der Waals surface area contributed by atoms with Gasteiger partial charge in [-0.15, -0.1) is 0 Å². The van der Waals surface area contributed by atoms with E-state index in [0.717, 1.165) is 44.4 Å². The quantitative estimate of drug-likeness (QED) is 0.501. The van der Waals surface area contributed by atoms with E-state index < -0.39 is 0 Å². The van der Waals surface area contributed by atoms with Crippen LogP contribution in [0, 0.1) is 17.1 Å². The molecule has 0 bridgehead atoms. The van der Waals surface area contributed by atoms with E-state index in [9.17, 15) is 9.65 Å². The number of dihydropyridines is 1. The third-order valence-electron chi connectivity index (χ3n) is 5.09. The Kier molecular flexibility index (Phi) is 5.67. The second-order valence-electron chi connectivity index (χ2n) is 6.91. The number of aromatic nitrogens is 1. The highest BCUT2D eigenvalue weighted by atomic mass is 79.9. The van der Waals surface area contributed by atoms with Gasteiger partial charge in [-0.25, -0.2) is 14.4 Å². The monoisotopic (exact) mass is 483 g/mol. The minimum Gasteiger partial charge on any atom is -0.320 e. The molecule has 30 heavy (non-hydrogen) atoms. The van der Waals surface area contributed by atoms with E-state index >= 15 is 0 Å². The maximum absolute atomic E-state index is 13.3. The number of hydrogen-bond donors (Lipinski definition) is 0. The fourth-order valence-electron chi connectivity index (χ4n) is 3.60. The number of likely N-dealkylation sites (N-methyl/N-ethyl adjacent to an activating group) is 1. The fourth-order valence-corrected chi connectivity index (χ4v) is 5.14. The van der Waals surface area contributed by atoms with Crippen molar-refractivity contribution in [1.82, 2.24) is 4.98 Å². The van der Waals surface area contributed by atoms with Crippen LogP contribution in [0.15, 0.2) is 56.2 Å². The third kappa shape index (κ3) is 3.53. The first-order chi connectivity index (χ1) is 14.5. The molecule has 2 aliphatic rings. The molecule has 0 spiro atoms. The minimum atomic E-state index is -0.317. The van der Waals surface area contributed by atoms with E-state index in [1.54, 1.807) is 12.1 Å². The van der Waals surface area contributed by atoms with E-state index in [0.29, 0.717) is 17.1 Å². The van der Waals surface area contributed by atoms with Gasteiger partial charge in [0.05, 0.1) is 17.5 Å². The Morgan fingerprint density at radius 3 is 2.63 bits per heavy atom. The van der Waals surface area contributed by atoms with Gasteiger partial charge in [-0.05, 0) is 66.5 Å². The van der Waals surface area contributed by atoms with Crippen molar-refractivity contribution < 1.29 is 4.39 Å². The summed E-state index contributed by atoms with van der Waals surface area (Å²) in [4.78, 5) is 16.8. The zero-order valence-corrected chi connectivity index (χ0v) is 19.2. The largest absolute Gasteiger partial charge is 0.320 e. The molecule has 152 valence electrons. The Bertz CT molecular complexity index is 1170. The van der Waals surface area contributed by atoms with Gasteiger partial charge in [-0.3, -0.25) is 4.99 Å². The van der Waals surface area contributed by atoms with Crippen molar-refractivity contribution >= 4 is 43.8 Å². The standard InChI is InChI=1S/C22H19BrFN5S/c1-4-16-17(10-15-19(27-16)12(3)26-21(15)23)29(5-2)22-28-20(18(11-25)30-22)13-6-8-14(24)9-7-13/h6-10,16H,4-5H2,1-3H3. The average Bonchev–Trinajstić information content (AvgIpc) is 3.29. The first-order valence-electron chi connectivity index (χ1n) is 9.66. The molecule has 0 fully saturated rings.